The highest BCUT2D eigenvalue weighted by atomic mass is 16.5. The number of hydrogen-bond acceptors (Lipinski definition) is 6. The molecule has 3 rings (SSSR count). The van der Waals surface area contributed by atoms with E-state index >= 15 is 0 Å². The summed E-state index contributed by atoms with van der Waals surface area (Å²) in [4.78, 5) is 30.9. The molecule has 0 radical (unpaired) electrons. The molecule has 31 heavy (non-hydrogen) atoms. The number of carbonyl (C=O) groups excluding carboxylic acids is 2. The van der Waals surface area contributed by atoms with Crippen LogP contribution in [0.1, 0.15) is 31.7 Å². The van der Waals surface area contributed by atoms with Gasteiger partial charge in [-0.15, -0.1) is 0 Å². The number of amides is 2. The van der Waals surface area contributed by atoms with E-state index in [-0.39, 0.29) is 31.5 Å². The van der Waals surface area contributed by atoms with E-state index in [1.165, 1.54) is 4.90 Å². The van der Waals surface area contributed by atoms with E-state index < -0.39 is 0 Å². The molecule has 0 atom stereocenters. The number of nitrogens with zero attached hydrogens (tertiary/aromatic N) is 2. The summed E-state index contributed by atoms with van der Waals surface area (Å²) >= 11 is 0. The first-order valence-electron chi connectivity index (χ1n) is 10.6. The highest BCUT2D eigenvalue weighted by Crippen LogP contribution is 2.32. The van der Waals surface area contributed by atoms with Crippen LogP contribution in [-0.4, -0.2) is 54.6 Å². The molecule has 8 heteroatoms. The molecule has 1 aliphatic rings. The number of ether oxygens (including phenoxy) is 3. The van der Waals surface area contributed by atoms with Crippen LogP contribution in [0.5, 0.6) is 17.4 Å². The Bertz CT molecular complexity index is 860. The topological polar surface area (TPSA) is 90.0 Å². The molecule has 0 saturated heterocycles. The van der Waals surface area contributed by atoms with Crippen LogP contribution in [0.2, 0.25) is 0 Å². The maximum absolute atomic E-state index is 12.9. The van der Waals surface area contributed by atoms with Crippen molar-refractivity contribution in [2.75, 3.05) is 32.9 Å². The van der Waals surface area contributed by atoms with Crippen molar-refractivity contribution in [3.05, 3.63) is 48.2 Å². The van der Waals surface area contributed by atoms with Gasteiger partial charge in [0.2, 0.25) is 11.8 Å². The molecule has 1 N–H and O–H groups in total. The molecule has 0 bridgehead atoms. The molecule has 0 fully saturated rings. The van der Waals surface area contributed by atoms with E-state index in [1.807, 2.05) is 25.1 Å². The lowest BCUT2D eigenvalue weighted by molar-refractivity contribution is -0.138. The number of nitrogens with one attached hydrogen (secondary N) is 1. The van der Waals surface area contributed by atoms with Gasteiger partial charge in [0, 0.05) is 24.4 Å². The number of para-hydroxylation sites is 1. The van der Waals surface area contributed by atoms with Crippen LogP contribution in [-0.2, 0) is 16.1 Å². The highest BCUT2D eigenvalue weighted by molar-refractivity contribution is 5.85. The van der Waals surface area contributed by atoms with E-state index in [1.54, 1.807) is 24.4 Å². The molecule has 2 aromatic rings. The van der Waals surface area contributed by atoms with Crippen LogP contribution in [0.25, 0.3) is 0 Å². The third-order valence-corrected chi connectivity index (χ3v) is 4.78. The third kappa shape index (κ3) is 6.87. The summed E-state index contributed by atoms with van der Waals surface area (Å²) in [5.41, 5.74) is 0.782. The van der Waals surface area contributed by atoms with Crippen molar-refractivity contribution >= 4 is 11.8 Å². The smallest absolute Gasteiger partial charge is 0.261 e. The number of aromatic nitrogens is 1. The van der Waals surface area contributed by atoms with Crippen molar-refractivity contribution in [3.8, 4) is 17.4 Å². The number of benzene rings is 1. The predicted molar refractivity (Wildman–Crippen MR) is 115 cm³/mol. The SMILES string of the molecule is CCOc1cccc2c1OCCCCCNC(=O)CN(C(=O)COc1ccccn1)C2. The zero-order valence-electron chi connectivity index (χ0n) is 17.8. The van der Waals surface area contributed by atoms with Crippen molar-refractivity contribution in [1.29, 1.82) is 0 Å². The van der Waals surface area contributed by atoms with Gasteiger partial charge >= 0.3 is 0 Å². The van der Waals surface area contributed by atoms with Gasteiger partial charge in [-0.05, 0) is 38.3 Å². The molecule has 0 aliphatic carbocycles. The summed E-state index contributed by atoms with van der Waals surface area (Å²) in [7, 11) is 0. The van der Waals surface area contributed by atoms with E-state index in [4.69, 9.17) is 14.2 Å². The molecule has 0 saturated carbocycles. The number of pyridine rings is 1. The second-order valence-corrected chi connectivity index (χ2v) is 7.14. The first-order chi connectivity index (χ1) is 15.2. The Balaban J connectivity index is 1.82. The first kappa shape index (κ1) is 22.4. The fraction of sp³-hybridized carbons (Fsp3) is 0.435. The minimum Gasteiger partial charge on any atom is -0.490 e. The number of fused-ring (bicyclic) bond motifs is 1. The summed E-state index contributed by atoms with van der Waals surface area (Å²) in [6.07, 6.45) is 4.25. The van der Waals surface area contributed by atoms with Crippen molar-refractivity contribution in [2.45, 2.75) is 32.7 Å². The van der Waals surface area contributed by atoms with E-state index in [0.29, 0.717) is 37.1 Å². The van der Waals surface area contributed by atoms with E-state index in [0.717, 1.165) is 24.8 Å². The van der Waals surface area contributed by atoms with Crippen molar-refractivity contribution in [1.82, 2.24) is 15.2 Å². The Labute approximate surface area is 182 Å². The Morgan fingerprint density at radius 3 is 2.84 bits per heavy atom. The van der Waals surface area contributed by atoms with Crippen molar-refractivity contribution in [2.24, 2.45) is 0 Å². The van der Waals surface area contributed by atoms with Gasteiger partial charge in [-0.2, -0.15) is 0 Å². The number of rotatable bonds is 5. The average Bonchev–Trinajstić information content (AvgIpc) is 2.79. The molecule has 0 unspecified atom stereocenters. The van der Waals surface area contributed by atoms with Gasteiger partial charge < -0.3 is 24.4 Å². The summed E-state index contributed by atoms with van der Waals surface area (Å²) in [6, 6.07) is 10.8. The van der Waals surface area contributed by atoms with Crippen molar-refractivity contribution in [3.63, 3.8) is 0 Å². The summed E-state index contributed by atoms with van der Waals surface area (Å²) < 4.78 is 17.3. The lowest BCUT2D eigenvalue weighted by atomic mass is 10.1. The Morgan fingerprint density at radius 2 is 2.03 bits per heavy atom. The van der Waals surface area contributed by atoms with E-state index in [9.17, 15) is 9.59 Å². The molecule has 0 spiro atoms. The molecule has 1 aromatic heterocycles. The lowest BCUT2D eigenvalue weighted by Gasteiger charge is -2.24. The molecular formula is C23H29N3O5. The van der Waals surface area contributed by atoms with Gasteiger partial charge in [0.05, 0.1) is 26.3 Å². The highest BCUT2D eigenvalue weighted by Gasteiger charge is 2.22. The Morgan fingerprint density at radius 1 is 1.13 bits per heavy atom. The molecule has 8 nitrogen and oxygen atoms in total. The van der Waals surface area contributed by atoms with Crippen LogP contribution < -0.4 is 19.5 Å². The summed E-state index contributed by atoms with van der Waals surface area (Å²) in [6.45, 7) is 3.45. The summed E-state index contributed by atoms with van der Waals surface area (Å²) in [5.74, 6) is 1.09. The van der Waals surface area contributed by atoms with Crippen LogP contribution in [0, 0.1) is 0 Å². The molecule has 1 aliphatic heterocycles. The second kappa shape index (κ2) is 11.8. The zero-order valence-corrected chi connectivity index (χ0v) is 17.8. The lowest BCUT2D eigenvalue weighted by Crippen LogP contribution is -2.42. The van der Waals surface area contributed by atoms with Gasteiger partial charge in [0.25, 0.3) is 5.91 Å². The largest absolute Gasteiger partial charge is 0.490 e. The normalized spacial score (nSPS) is 15.3. The first-order valence-corrected chi connectivity index (χ1v) is 10.6. The fourth-order valence-corrected chi connectivity index (χ4v) is 3.25. The van der Waals surface area contributed by atoms with Gasteiger partial charge in [-0.1, -0.05) is 18.2 Å². The van der Waals surface area contributed by atoms with Gasteiger partial charge in [-0.3, -0.25) is 9.59 Å². The van der Waals surface area contributed by atoms with Crippen LogP contribution in [0.15, 0.2) is 42.6 Å². The quantitative estimate of drug-likeness (QED) is 0.789. The second-order valence-electron chi connectivity index (χ2n) is 7.14. The molecule has 2 heterocycles. The zero-order chi connectivity index (χ0) is 21.9. The Kier molecular flexibility index (Phi) is 8.51. The molecule has 2 amide bonds. The number of hydrogen-bond donors (Lipinski definition) is 1. The molecular weight excluding hydrogens is 398 g/mol. The predicted octanol–water partition coefficient (Wildman–Crippen LogP) is 2.57. The monoisotopic (exact) mass is 427 g/mol. The third-order valence-electron chi connectivity index (χ3n) is 4.78. The van der Waals surface area contributed by atoms with Gasteiger partial charge in [0.1, 0.15) is 0 Å². The van der Waals surface area contributed by atoms with Gasteiger partial charge in [-0.25, -0.2) is 4.98 Å². The molecule has 1 aromatic carbocycles. The maximum Gasteiger partial charge on any atom is 0.261 e. The number of carbonyl (C=O) groups is 2. The van der Waals surface area contributed by atoms with E-state index in [2.05, 4.69) is 10.3 Å². The standard InChI is InChI=1S/C23H29N3O5/c1-2-29-19-10-8-9-18-15-26(22(28)17-31-21-11-4-6-13-25-21)16-20(27)24-12-5-3-7-14-30-23(18)19/h4,6,8-11,13H,2-3,5,7,12,14-17H2,1H3,(H,24,27). The van der Waals surface area contributed by atoms with Gasteiger partial charge in [0.15, 0.2) is 18.1 Å². The average molecular weight is 428 g/mol. The Hall–Kier alpha value is -3.29. The van der Waals surface area contributed by atoms with Crippen LogP contribution in [0.3, 0.4) is 0 Å². The summed E-state index contributed by atoms with van der Waals surface area (Å²) in [5, 5.41) is 2.88. The van der Waals surface area contributed by atoms with Crippen molar-refractivity contribution < 1.29 is 23.8 Å². The molecule has 166 valence electrons. The minimum absolute atomic E-state index is 0.0668. The minimum atomic E-state index is -0.316. The van der Waals surface area contributed by atoms with Crippen LogP contribution >= 0.6 is 0 Å². The van der Waals surface area contributed by atoms with Crippen LogP contribution in [0.4, 0.5) is 0 Å². The fourth-order valence-electron chi connectivity index (χ4n) is 3.25. The maximum atomic E-state index is 12.9.